The molecule has 0 aliphatic rings. The Balaban J connectivity index is 1.58. The molecule has 7 nitrogen and oxygen atoms in total. The van der Waals surface area contributed by atoms with Crippen molar-refractivity contribution in [1.29, 1.82) is 0 Å². The lowest BCUT2D eigenvalue weighted by Crippen LogP contribution is -2.19. The molecule has 0 unspecified atom stereocenters. The molecule has 0 saturated heterocycles. The highest BCUT2D eigenvalue weighted by Gasteiger charge is 2.25. The van der Waals surface area contributed by atoms with Gasteiger partial charge < -0.3 is 19.2 Å². The van der Waals surface area contributed by atoms with Gasteiger partial charge in [-0.1, -0.05) is 48.0 Å². The normalized spacial score (nSPS) is 11.6. The number of thioether (sulfide) groups is 1. The molecule has 0 bridgehead atoms. The molecule has 9 heteroatoms. The van der Waals surface area contributed by atoms with Gasteiger partial charge in [0.05, 0.1) is 14.2 Å². The highest BCUT2D eigenvalue weighted by molar-refractivity contribution is 8.00. The van der Waals surface area contributed by atoms with Crippen LogP contribution in [0.1, 0.15) is 16.4 Å². The second-order valence-electron chi connectivity index (χ2n) is 7.30. The van der Waals surface area contributed by atoms with Gasteiger partial charge in [-0.15, -0.1) is 10.2 Å². The summed E-state index contributed by atoms with van der Waals surface area (Å²) in [5.41, 5.74) is 3.02. The topological polar surface area (TPSA) is 86.5 Å². The van der Waals surface area contributed by atoms with E-state index in [1.807, 2.05) is 49.4 Å². The van der Waals surface area contributed by atoms with Gasteiger partial charge in [0.2, 0.25) is 11.8 Å². The molecule has 174 valence electrons. The van der Waals surface area contributed by atoms with Crippen LogP contribution in [0.3, 0.4) is 0 Å². The number of nitrogens with zero attached hydrogens (tertiary/aromatic N) is 2. The quantitative estimate of drug-likeness (QED) is 0.292. The van der Waals surface area contributed by atoms with Gasteiger partial charge in [0, 0.05) is 16.3 Å². The third kappa shape index (κ3) is 5.35. The summed E-state index contributed by atoms with van der Waals surface area (Å²) in [5.74, 6) is 1.21. The van der Waals surface area contributed by atoms with Gasteiger partial charge >= 0.3 is 0 Å². The van der Waals surface area contributed by atoms with Crippen molar-refractivity contribution in [2.45, 2.75) is 17.4 Å². The van der Waals surface area contributed by atoms with Crippen LogP contribution in [0, 0.1) is 6.92 Å². The summed E-state index contributed by atoms with van der Waals surface area (Å²) >= 11 is 7.39. The van der Waals surface area contributed by atoms with Gasteiger partial charge in [-0.05, 0) is 60.1 Å². The van der Waals surface area contributed by atoms with Gasteiger partial charge in [-0.3, -0.25) is 4.79 Å². The Morgan fingerprint density at radius 2 is 1.76 bits per heavy atom. The summed E-state index contributed by atoms with van der Waals surface area (Å²) in [7, 11) is 3.12. The second-order valence-corrected chi connectivity index (χ2v) is 8.77. The SMILES string of the molecule is COc1ccc(-c2nnc(S[C@@H](C(=O)Nc3ccc(C)c(Cl)c3)c3ccccc3)o2)cc1OC. The van der Waals surface area contributed by atoms with Crippen molar-refractivity contribution in [3.05, 3.63) is 82.9 Å². The zero-order valence-electron chi connectivity index (χ0n) is 18.7. The zero-order valence-corrected chi connectivity index (χ0v) is 20.3. The molecule has 3 aromatic carbocycles. The van der Waals surface area contributed by atoms with Crippen LogP contribution in [0.2, 0.25) is 5.02 Å². The number of carbonyl (C=O) groups is 1. The van der Waals surface area contributed by atoms with E-state index in [4.69, 9.17) is 25.5 Å². The molecule has 0 radical (unpaired) electrons. The van der Waals surface area contributed by atoms with E-state index in [-0.39, 0.29) is 11.1 Å². The van der Waals surface area contributed by atoms with Crippen molar-refractivity contribution in [3.8, 4) is 23.0 Å². The first-order chi connectivity index (χ1) is 16.5. The van der Waals surface area contributed by atoms with Gasteiger partial charge in [-0.2, -0.15) is 0 Å². The number of anilines is 1. The van der Waals surface area contributed by atoms with Crippen LogP contribution in [0.5, 0.6) is 11.5 Å². The standard InChI is InChI=1S/C25H22ClN3O4S/c1-15-9-11-18(14-19(15)26)27-23(30)22(16-7-5-4-6-8-16)34-25-29-28-24(33-25)17-10-12-20(31-2)21(13-17)32-3/h4-14,22H,1-3H3,(H,27,30)/t22-/m1/s1. The Hall–Kier alpha value is -3.49. The van der Waals surface area contributed by atoms with Crippen LogP contribution < -0.4 is 14.8 Å². The molecule has 4 aromatic rings. The molecule has 0 fully saturated rings. The Kier molecular flexibility index (Phi) is 7.40. The lowest BCUT2D eigenvalue weighted by atomic mass is 10.1. The van der Waals surface area contributed by atoms with Crippen LogP contribution in [0.15, 0.2) is 76.4 Å². The summed E-state index contributed by atoms with van der Waals surface area (Å²) in [5, 5.41) is 11.4. The first kappa shape index (κ1) is 23.7. The highest BCUT2D eigenvalue weighted by Crippen LogP contribution is 2.38. The fraction of sp³-hybridized carbons (Fsp3) is 0.160. The molecule has 0 aliphatic heterocycles. The Bertz CT molecular complexity index is 1300. The number of carbonyl (C=O) groups excluding carboxylic acids is 1. The lowest BCUT2D eigenvalue weighted by Gasteiger charge is -2.15. The molecule has 0 spiro atoms. The van der Waals surface area contributed by atoms with Crippen LogP contribution in [-0.4, -0.2) is 30.3 Å². The summed E-state index contributed by atoms with van der Waals surface area (Å²) in [4.78, 5) is 13.2. The van der Waals surface area contributed by atoms with Gasteiger partial charge in [0.15, 0.2) is 11.5 Å². The van der Waals surface area contributed by atoms with Gasteiger partial charge in [0.1, 0.15) is 5.25 Å². The lowest BCUT2D eigenvalue weighted by molar-refractivity contribution is -0.115. The van der Waals surface area contributed by atoms with E-state index in [1.165, 1.54) is 11.8 Å². The van der Waals surface area contributed by atoms with E-state index in [0.29, 0.717) is 33.7 Å². The molecule has 0 aliphatic carbocycles. The fourth-order valence-corrected chi connectivity index (χ4v) is 4.28. The minimum atomic E-state index is -0.625. The molecular weight excluding hydrogens is 474 g/mol. The predicted octanol–water partition coefficient (Wildman–Crippen LogP) is 6.19. The third-order valence-corrected chi connectivity index (χ3v) is 6.53. The average Bonchev–Trinajstić information content (AvgIpc) is 3.33. The molecule has 1 atom stereocenters. The number of ether oxygens (including phenoxy) is 2. The van der Waals surface area contributed by atoms with Gasteiger partial charge in [-0.25, -0.2) is 0 Å². The van der Waals surface area contributed by atoms with Gasteiger partial charge in [0.25, 0.3) is 5.22 Å². The minimum absolute atomic E-state index is 0.234. The van der Waals surface area contributed by atoms with Crippen molar-refractivity contribution in [1.82, 2.24) is 10.2 Å². The largest absolute Gasteiger partial charge is 0.493 e. The van der Waals surface area contributed by atoms with Crippen LogP contribution in [0.4, 0.5) is 5.69 Å². The molecule has 34 heavy (non-hydrogen) atoms. The number of amides is 1. The first-order valence-electron chi connectivity index (χ1n) is 10.3. The summed E-state index contributed by atoms with van der Waals surface area (Å²) in [6.07, 6.45) is 0. The van der Waals surface area contributed by atoms with E-state index in [2.05, 4.69) is 15.5 Å². The van der Waals surface area contributed by atoms with Crippen molar-refractivity contribution >= 4 is 35.0 Å². The number of benzene rings is 3. The number of rotatable bonds is 8. The number of aryl methyl sites for hydroxylation is 1. The number of hydrogen-bond acceptors (Lipinski definition) is 7. The molecule has 1 heterocycles. The smallest absolute Gasteiger partial charge is 0.277 e. The summed E-state index contributed by atoms with van der Waals surface area (Å²) in [6.45, 7) is 1.90. The van der Waals surface area contributed by atoms with Crippen molar-refractivity contribution in [2.75, 3.05) is 19.5 Å². The Labute approximate surface area is 206 Å². The van der Waals surface area contributed by atoms with Crippen molar-refractivity contribution in [3.63, 3.8) is 0 Å². The van der Waals surface area contributed by atoms with E-state index < -0.39 is 5.25 Å². The highest BCUT2D eigenvalue weighted by atomic mass is 35.5. The first-order valence-corrected chi connectivity index (χ1v) is 11.6. The van der Waals surface area contributed by atoms with Crippen LogP contribution >= 0.6 is 23.4 Å². The molecule has 1 aromatic heterocycles. The third-order valence-electron chi connectivity index (χ3n) is 5.04. The molecular formula is C25H22ClN3O4S. The van der Waals surface area contributed by atoms with E-state index in [1.54, 1.807) is 38.5 Å². The molecule has 4 rings (SSSR count). The number of halogens is 1. The molecule has 1 N–H and O–H groups in total. The van der Waals surface area contributed by atoms with Crippen LogP contribution in [0.25, 0.3) is 11.5 Å². The number of nitrogens with one attached hydrogen (secondary N) is 1. The Morgan fingerprint density at radius 1 is 1.00 bits per heavy atom. The number of aromatic nitrogens is 2. The minimum Gasteiger partial charge on any atom is -0.493 e. The maximum absolute atomic E-state index is 13.2. The monoisotopic (exact) mass is 495 g/mol. The predicted molar refractivity (Wildman–Crippen MR) is 133 cm³/mol. The van der Waals surface area contributed by atoms with E-state index in [0.717, 1.165) is 11.1 Å². The summed E-state index contributed by atoms with van der Waals surface area (Å²) < 4.78 is 16.5. The Morgan fingerprint density at radius 3 is 2.47 bits per heavy atom. The van der Waals surface area contributed by atoms with E-state index >= 15 is 0 Å². The summed E-state index contributed by atoms with van der Waals surface area (Å²) in [6, 6.07) is 20.1. The molecule has 0 saturated carbocycles. The fourth-order valence-electron chi connectivity index (χ4n) is 3.22. The van der Waals surface area contributed by atoms with Crippen molar-refractivity contribution < 1.29 is 18.7 Å². The molecule has 1 amide bonds. The number of hydrogen-bond donors (Lipinski definition) is 1. The average molecular weight is 496 g/mol. The second kappa shape index (κ2) is 10.6. The number of methoxy groups -OCH3 is 2. The van der Waals surface area contributed by atoms with Crippen molar-refractivity contribution in [2.24, 2.45) is 0 Å². The maximum atomic E-state index is 13.2. The van der Waals surface area contributed by atoms with E-state index in [9.17, 15) is 4.79 Å². The zero-order chi connectivity index (χ0) is 24.1. The maximum Gasteiger partial charge on any atom is 0.277 e. The van der Waals surface area contributed by atoms with Crippen LogP contribution in [-0.2, 0) is 4.79 Å².